The maximum absolute atomic E-state index is 9.69. The van der Waals surface area contributed by atoms with E-state index >= 15 is 0 Å². The van der Waals surface area contributed by atoms with Crippen LogP contribution >= 0.6 is 0 Å². The van der Waals surface area contributed by atoms with E-state index in [1.165, 1.54) is 0 Å². The first-order valence-electron chi connectivity index (χ1n) is 4.55. The van der Waals surface area contributed by atoms with Crippen LogP contribution in [0.5, 0.6) is 5.75 Å². The molecule has 1 N–H and O–H groups in total. The monoisotopic (exact) mass is 183 g/mol. The lowest BCUT2D eigenvalue weighted by atomic mass is 10.0. The fourth-order valence-corrected chi connectivity index (χ4v) is 1.66. The minimum absolute atomic E-state index is 0.222. The number of rotatable bonds is 2. The Morgan fingerprint density at radius 3 is 3.00 bits per heavy atom. The largest absolute Gasteiger partial charge is 0.507 e. The molecule has 2 aromatic rings. The Labute approximate surface area is 83.3 Å². The van der Waals surface area contributed by atoms with Gasteiger partial charge in [0.25, 0.3) is 0 Å². The Morgan fingerprint density at radius 2 is 2.21 bits per heavy atom. The molecule has 14 heavy (non-hydrogen) atoms. The average molecular weight is 183 g/mol. The van der Waals surface area contributed by atoms with Crippen molar-refractivity contribution in [2.75, 3.05) is 0 Å². The SMILES string of the molecule is C=CCc1cccc2cc[c]c(O)c12. The van der Waals surface area contributed by atoms with Crippen LogP contribution in [0.2, 0.25) is 0 Å². The minimum atomic E-state index is 0.222. The van der Waals surface area contributed by atoms with Gasteiger partial charge in [0.05, 0.1) is 0 Å². The molecule has 0 aliphatic heterocycles. The molecule has 0 bridgehead atoms. The normalized spacial score (nSPS) is 10.3. The molecule has 0 heterocycles. The summed E-state index contributed by atoms with van der Waals surface area (Å²) in [6, 6.07) is 12.4. The van der Waals surface area contributed by atoms with Crippen molar-refractivity contribution < 1.29 is 5.11 Å². The molecule has 1 radical (unpaired) electrons. The van der Waals surface area contributed by atoms with E-state index in [2.05, 4.69) is 12.6 Å². The van der Waals surface area contributed by atoms with E-state index in [1.807, 2.05) is 30.3 Å². The van der Waals surface area contributed by atoms with Gasteiger partial charge in [-0.25, -0.2) is 0 Å². The zero-order valence-corrected chi connectivity index (χ0v) is 7.83. The van der Waals surface area contributed by atoms with E-state index in [-0.39, 0.29) is 5.75 Å². The first kappa shape index (κ1) is 8.82. The zero-order chi connectivity index (χ0) is 9.97. The van der Waals surface area contributed by atoms with Gasteiger partial charge in [0, 0.05) is 11.5 Å². The number of hydrogen-bond acceptors (Lipinski definition) is 1. The summed E-state index contributed by atoms with van der Waals surface area (Å²) in [5, 5.41) is 11.6. The van der Waals surface area contributed by atoms with Crippen LogP contribution in [0.4, 0.5) is 0 Å². The molecule has 69 valence electrons. The second-order valence-electron chi connectivity index (χ2n) is 3.20. The molecule has 0 aromatic heterocycles. The van der Waals surface area contributed by atoms with Crippen LogP contribution in [-0.2, 0) is 6.42 Å². The van der Waals surface area contributed by atoms with Gasteiger partial charge in [-0.2, -0.15) is 0 Å². The molecule has 2 rings (SSSR count). The molecule has 0 amide bonds. The highest BCUT2D eigenvalue weighted by molar-refractivity contribution is 5.90. The van der Waals surface area contributed by atoms with Crippen molar-refractivity contribution in [1.82, 2.24) is 0 Å². The zero-order valence-electron chi connectivity index (χ0n) is 7.83. The van der Waals surface area contributed by atoms with Crippen molar-refractivity contribution in [3.05, 3.63) is 54.6 Å². The fourth-order valence-electron chi connectivity index (χ4n) is 1.66. The van der Waals surface area contributed by atoms with Crippen molar-refractivity contribution in [2.24, 2.45) is 0 Å². The van der Waals surface area contributed by atoms with Crippen molar-refractivity contribution in [1.29, 1.82) is 0 Å². The summed E-state index contributed by atoms with van der Waals surface area (Å²) in [6.07, 6.45) is 2.60. The van der Waals surface area contributed by atoms with Crippen LogP contribution in [0.1, 0.15) is 5.56 Å². The highest BCUT2D eigenvalue weighted by atomic mass is 16.3. The molecule has 2 aromatic carbocycles. The van der Waals surface area contributed by atoms with E-state index in [9.17, 15) is 5.11 Å². The van der Waals surface area contributed by atoms with Crippen molar-refractivity contribution in [3.63, 3.8) is 0 Å². The Bertz CT molecular complexity index is 466. The summed E-state index contributed by atoms with van der Waals surface area (Å²) in [7, 11) is 0. The van der Waals surface area contributed by atoms with Crippen molar-refractivity contribution >= 4 is 10.8 Å². The van der Waals surface area contributed by atoms with Crippen LogP contribution in [0.15, 0.2) is 43.0 Å². The number of phenolic OH excluding ortho intramolecular Hbond substituents is 1. The van der Waals surface area contributed by atoms with Gasteiger partial charge < -0.3 is 5.11 Å². The van der Waals surface area contributed by atoms with E-state index in [4.69, 9.17) is 0 Å². The number of aromatic hydroxyl groups is 1. The Balaban J connectivity index is 2.77. The number of allylic oxidation sites excluding steroid dienone is 1. The van der Waals surface area contributed by atoms with Gasteiger partial charge in [-0.3, -0.25) is 0 Å². The highest BCUT2D eigenvalue weighted by Gasteiger charge is 2.03. The smallest absolute Gasteiger partial charge is 0.131 e. The summed E-state index contributed by atoms with van der Waals surface area (Å²) in [6.45, 7) is 3.70. The summed E-state index contributed by atoms with van der Waals surface area (Å²) in [5.74, 6) is 0.222. The molecule has 0 unspecified atom stereocenters. The molecule has 0 saturated carbocycles. The molecule has 0 atom stereocenters. The lowest BCUT2D eigenvalue weighted by Gasteiger charge is -2.05. The van der Waals surface area contributed by atoms with Gasteiger partial charge in [-0.15, -0.1) is 6.58 Å². The van der Waals surface area contributed by atoms with Crippen LogP contribution in [-0.4, -0.2) is 5.11 Å². The molecule has 1 heteroatoms. The average Bonchev–Trinajstić information content (AvgIpc) is 2.19. The third-order valence-electron chi connectivity index (χ3n) is 2.27. The highest BCUT2D eigenvalue weighted by Crippen LogP contribution is 2.27. The van der Waals surface area contributed by atoms with Gasteiger partial charge in [0.15, 0.2) is 0 Å². The standard InChI is InChI=1S/C13H11O/c1-2-5-10-6-3-7-11-8-4-9-12(14)13(10)11/h2-4,6-8,14H,1,5H2. The molecular weight excluding hydrogens is 172 g/mol. The van der Waals surface area contributed by atoms with Crippen molar-refractivity contribution in [2.45, 2.75) is 6.42 Å². The maximum atomic E-state index is 9.69. The van der Waals surface area contributed by atoms with Gasteiger partial charge in [0.1, 0.15) is 5.75 Å². The van der Waals surface area contributed by atoms with Gasteiger partial charge in [0.2, 0.25) is 0 Å². The summed E-state index contributed by atoms with van der Waals surface area (Å²) in [4.78, 5) is 0. The quantitative estimate of drug-likeness (QED) is 0.709. The minimum Gasteiger partial charge on any atom is -0.507 e. The van der Waals surface area contributed by atoms with E-state index < -0.39 is 0 Å². The number of hydrogen-bond donors (Lipinski definition) is 1. The van der Waals surface area contributed by atoms with Crippen LogP contribution < -0.4 is 0 Å². The summed E-state index contributed by atoms with van der Waals surface area (Å²) in [5.41, 5.74) is 1.09. The predicted molar refractivity (Wildman–Crippen MR) is 58.3 cm³/mol. The third kappa shape index (κ3) is 1.37. The second-order valence-corrected chi connectivity index (χ2v) is 3.20. The van der Waals surface area contributed by atoms with Crippen LogP contribution in [0, 0.1) is 6.07 Å². The molecule has 0 fully saturated rings. The van der Waals surface area contributed by atoms with E-state index in [0.717, 1.165) is 22.8 Å². The molecule has 0 aliphatic carbocycles. The Kier molecular flexibility index (Phi) is 2.23. The Hall–Kier alpha value is -1.76. The maximum Gasteiger partial charge on any atom is 0.131 e. The lowest BCUT2D eigenvalue weighted by molar-refractivity contribution is 0.480. The second kappa shape index (κ2) is 3.54. The van der Waals surface area contributed by atoms with E-state index in [1.54, 1.807) is 6.07 Å². The molecule has 0 saturated heterocycles. The fraction of sp³-hybridized carbons (Fsp3) is 0.0769. The predicted octanol–water partition coefficient (Wildman–Crippen LogP) is 3.07. The molecule has 1 nitrogen and oxygen atoms in total. The summed E-state index contributed by atoms with van der Waals surface area (Å²) >= 11 is 0. The first-order valence-corrected chi connectivity index (χ1v) is 4.55. The van der Waals surface area contributed by atoms with Gasteiger partial charge in [-0.1, -0.05) is 30.3 Å². The lowest BCUT2D eigenvalue weighted by Crippen LogP contribution is -1.84. The molecular formula is C13H11O. The molecule has 0 spiro atoms. The first-order chi connectivity index (χ1) is 6.83. The van der Waals surface area contributed by atoms with Gasteiger partial charge >= 0.3 is 0 Å². The van der Waals surface area contributed by atoms with Gasteiger partial charge in [-0.05, 0) is 23.4 Å². The number of phenols is 1. The topological polar surface area (TPSA) is 20.2 Å². The van der Waals surface area contributed by atoms with Crippen molar-refractivity contribution in [3.8, 4) is 5.75 Å². The van der Waals surface area contributed by atoms with Crippen LogP contribution in [0.25, 0.3) is 10.8 Å². The summed E-state index contributed by atoms with van der Waals surface area (Å²) < 4.78 is 0. The molecule has 0 aliphatic rings. The Morgan fingerprint density at radius 1 is 1.36 bits per heavy atom. The van der Waals surface area contributed by atoms with Crippen LogP contribution in [0.3, 0.4) is 0 Å². The third-order valence-corrected chi connectivity index (χ3v) is 2.27. The van der Waals surface area contributed by atoms with E-state index in [0.29, 0.717) is 0 Å². The number of fused-ring (bicyclic) bond motifs is 1. The number of benzene rings is 2.